The van der Waals surface area contributed by atoms with E-state index in [4.69, 9.17) is 13.1 Å². The average molecular weight is 855 g/mol. The third-order valence-corrected chi connectivity index (χ3v) is 11.8. The number of nitriles is 4. The number of alkyl halides is 3. The smallest absolute Gasteiger partial charge is 0.309 e. The van der Waals surface area contributed by atoms with Crippen molar-refractivity contribution in [2.75, 3.05) is 0 Å². The van der Waals surface area contributed by atoms with E-state index >= 15 is 0 Å². The van der Waals surface area contributed by atoms with E-state index < -0.39 is 11.7 Å². The van der Waals surface area contributed by atoms with Gasteiger partial charge in [-0.2, -0.15) is 34.2 Å². The SMILES string of the molecule is [C-]#[N+]c1cc(C#N)cc(-c2ccc3c4ccccc4n(-c4cc(-c5ccc(C(F)(F)F)cc5C#N)c(-n5c6ccccc6c6ccc(-c7cc(C#N)cc([N+]#[C-])c7)cc65)cc4C#N)c3c2)c1. The molecule has 0 atom stereocenters. The lowest BCUT2D eigenvalue weighted by Gasteiger charge is -2.20. The third-order valence-electron chi connectivity index (χ3n) is 11.8. The summed E-state index contributed by atoms with van der Waals surface area (Å²) in [6, 6.07) is 51.7. The summed E-state index contributed by atoms with van der Waals surface area (Å²) < 4.78 is 46.5. The van der Waals surface area contributed by atoms with E-state index in [0.717, 1.165) is 39.2 Å². The van der Waals surface area contributed by atoms with E-state index in [9.17, 15) is 34.2 Å². The van der Waals surface area contributed by atoms with Crippen LogP contribution in [0.3, 0.4) is 0 Å². The van der Waals surface area contributed by atoms with Gasteiger partial charge in [0.1, 0.15) is 6.07 Å². The summed E-state index contributed by atoms with van der Waals surface area (Å²) in [6.45, 7) is 15.3. The van der Waals surface area contributed by atoms with Crippen LogP contribution >= 0.6 is 0 Å². The lowest BCUT2D eigenvalue weighted by Crippen LogP contribution is -2.07. The summed E-state index contributed by atoms with van der Waals surface area (Å²) in [7, 11) is 0. The van der Waals surface area contributed by atoms with Crippen molar-refractivity contribution in [1.29, 1.82) is 21.0 Å². The largest absolute Gasteiger partial charge is 0.416 e. The Hall–Kier alpha value is -9.91. The van der Waals surface area contributed by atoms with Crippen molar-refractivity contribution in [2.24, 2.45) is 0 Å². The molecule has 2 aromatic heterocycles. The van der Waals surface area contributed by atoms with Crippen LogP contribution in [-0.4, -0.2) is 9.13 Å². The second-order valence-corrected chi connectivity index (χ2v) is 15.5. The molecule has 0 bridgehead atoms. The van der Waals surface area contributed by atoms with Gasteiger partial charge in [-0.3, -0.25) is 0 Å². The molecule has 2 heterocycles. The van der Waals surface area contributed by atoms with Crippen molar-refractivity contribution in [2.45, 2.75) is 6.18 Å². The molecule has 66 heavy (non-hydrogen) atoms. The van der Waals surface area contributed by atoms with Crippen LogP contribution in [0.2, 0.25) is 0 Å². The highest BCUT2D eigenvalue weighted by molar-refractivity contribution is 6.12. The molecule has 10 rings (SSSR count). The fourth-order valence-corrected chi connectivity index (χ4v) is 8.93. The molecule has 0 saturated carbocycles. The molecule has 0 aliphatic heterocycles. The van der Waals surface area contributed by atoms with Crippen LogP contribution in [0.15, 0.2) is 152 Å². The van der Waals surface area contributed by atoms with Gasteiger partial charge in [0.25, 0.3) is 0 Å². The van der Waals surface area contributed by atoms with Gasteiger partial charge in [0.05, 0.1) is 81.5 Å². The molecule has 0 fully saturated rings. The molecule has 10 aromatic rings. The topological polar surface area (TPSA) is 114 Å². The minimum atomic E-state index is -4.73. The molecule has 0 unspecified atom stereocenters. The Kier molecular flexibility index (Phi) is 9.41. The molecule has 0 amide bonds. The van der Waals surface area contributed by atoms with Crippen LogP contribution in [0.25, 0.3) is 98.1 Å². The molecule has 0 spiro atoms. The van der Waals surface area contributed by atoms with Crippen molar-refractivity contribution >= 4 is 55.0 Å². The fourth-order valence-electron chi connectivity index (χ4n) is 8.93. The fraction of sp³-hybridized carbons (Fsp3) is 0.0182. The number of para-hydroxylation sites is 2. The van der Waals surface area contributed by atoms with Crippen LogP contribution in [-0.2, 0) is 6.18 Å². The Bertz CT molecular complexity index is 3950. The Morgan fingerprint density at radius 2 is 0.924 bits per heavy atom. The molecule has 8 aromatic carbocycles. The van der Waals surface area contributed by atoms with Crippen molar-refractivity contribution in [1.82, 2.24) is 9.13 Å². The number of fused-ring (bicyclic) bond motifs is 6. The number of nitrogens with zero attached hydrogens (tertiary/aromatic N) is 8. The van der Waals surface area contributed by atoms with Gasteiger partial charge in [-0.05, 0) is 107 Å². The van der Waals surface area contributed by atoms with Crippen LogP contribution in [0, 0.1) is 58.5 Å². The first-order valence-electron chi connectivity index (χ1n) is 20.2. The highest BCUT2D eigenvalue weighted by Gasteiger charge is 2.32. The number of hydrogen-bond donors (Lipinski definition) is 0. The van der Waals surface area contributed by atoms with Crippen molar-refractivity contribution < 1.29 is 13.2 Å². The molecule has 0 aliphatic rings. The highest BCUT2D eigenvalue weighted by Crippen LogP contribution is 2.44. The molecular formula is C55H25F3N8. The van der Waals surface area contributed by atoms with Gasteiger partial charge in [-0.25, -0.2) is 9.69 Å². The van der Waals surface area contributed by atoms with Gasteiger partial charge in [-0.15, -0.1) is 0 Å². The van der Waals surface area contributed by atoms with Gasteiger partial charge in [0, 0.05) is 43.8 Å². The Morgan fingerprint density at radius 3 is 1.41 bits per heavy atom. The quantitative estimate of drug-likeness (QED) is 0.160. The second-order valence-electron chi connectivity index (χ2n) is 15.5. The Labute approximate surface area is 374 Å². The van der Waals surface area contributed by atoms with E-state index in [-0.39, 0.29) is 22.4 Å². The summed E-state index contributed by atoms with van der Waals surface area (Å²) in [5.41, 5.74) is 6.92. The molecule has 11 heteroatoms. The number of aromatic nitrogens is 2. The first-order chi connectivity index (χ1) is 32.0. The Balaban J connectivity index is 1.32. The third kappa shape index (κ3) is 6.51. The lowest BCUT2D eigenvalue weighted by molar-refractivity contribution is -0.137. The number of rotatable bonds is 5. The number of benzene rings is 8. The molecule has 8 nitrogen and oxygen atoms in total. The molecular weight excluding hydrogens is 830 g/mol. The molecule has 0 radical (unpaired) electrons. The maximum Gasteiger partial charge on any atom is 0.416 e. The van der Waals surface area contributed by atoms with Crippen molar-refractivity contribution in [3.63, 3.8) is 0 Å². The van der Waals surface area contributed by atoms with Crippen molar-refractivity contribution in [3.8, 4) is 69.0 Å². The van der Waals surface area contributed by atoms with Crippen LogP contribution in [0.1, 0.15) is 27.8 Å². The normalized spacial score (nSPS) is 11.2. The standard InChI is InChI=1S/C55H25F3N8/c1-63-41-19-32(28-59)17-36(22-41)34-11-14-46-44-7-3-5-9-49(44)65(52(46)24-34)51-27-48(43-16-13-40(55(56,57)58)21-38(43)30-61)54(26-39(51)31-62)66-50-10-6-4-8-45(50)47-15-12-35(25-53(47)66)37-18-33(29-60)20-42(23-37)64-2/h3-27H. The summed E-state index contributed by atoms with van der Waals surface area (Å²) in [6.07, 6.45) is -4.73. The average Bonchev–Trinajstić information content (AvgIpc) is 3.86. The summed E-state index contributed by atoms with van der Waals surface area (Å²) in [5.74, 6) is 0. The van der Waals surface area contributed by atoms with Gasteiger partial charge in [0.15, 0.2) is 11.4 Å². The first-order valence-corrected chi connectivity index (χ1v) is 20.2. The summed E-state index contributed by atoms with van der Waals surface area (Å²) in [4.78, 5) is 7.14. The number of hydrogen-bond acceptors (Lipinski definition) is 4. The van der Waals surface area contributed by atoms with E-state index in [1.54, 1.807) is 36.4 Å². The first kappa shape index (κ1) is 40.2. The monoisotopic (exact) mass is 854 g/mol. The Morgan fingerprint density at radius 1 is 0.424 bits per heavy atom. The predicted octanol–water partition coefficient (Wildman–Crippen LogP) is 14.5. The summed E-state index contributed by atoms with van der Waals surface area (Å²) in [5, 5.41) is 44.7. The molecule has 306 valence electrons. The van der Waals surface area contributed by atoms with Crippen LogP contribution in [0.4, 0.5) is 24.5 Å². The van der Waals surface area contributed by atoms with Gasteiger partial charge in [-0.1, -0.05) is 66.7 Å². The lowest BCUT2D eigenvalue weighted by atomic mass is 9.94. The molecule has 0 saturated heterocycles. The van der Waals surface area contributed by atoms with Gasteiger partial charge in [0.2, 0.25) is 0 Å². The minimum absolute atomic E-state index is 0.193. The number of halogens is 3. The maximum atomic E-state index is 14.2. The predicted molar refractivity (Wildman–Crippen MR) is 248 cm³/mol. The van der Waals surface area contributed by atoms with E-state index in [1.165, 1.54) is 18.2 Å². The second kappa shape index (κ2) is 15.5. The van der Waals surface area contributed by atoms with Crippen LogP contribution in [0.5, 0.6) is 0 Å². The van der Waals surface area contributed by atoms with Gasteiger partial charge >= 0.3 is 6.18 Å². The van der Waals surface area contributed by atoms with Crippen LogP contribution < -0.4 is 0 Å². The maximum absolute atomic E-state index is 14.2. The van der Waals surface area contributed by atoms with E-state index in [1.807, 2.05) is 100 Å². The minimum Gasteiger partial charge on any atom is -0.309 e. The molecule has 0 aliphatic carbocycles. The highest BCUT2D eigenvalue weighted by atomic mass is 19.4. The van der Waals surface area contributed by atoms with Gasteiger partial charge < -0.3 is 9.13 Å². The molecule has 0 N–H and O–H groups in total. The van der Waals surface area contributed by atoms with E-state index in [0.29, 0.717) is 72.6 Å². The van der Waals surface area contributed by atoms with E-state index in [2.05, 4.69) is 27.9 Å². The zero-order valence-electron chi connectivity index (χ0n) is 34.1. The zero-order valence-corrected chi connectivity index (χ0v) is 34.1. The summed E-state index contributed by atoms with van der Waals surface area (Å²) >= 11 is 0. The van der Waals surface area contributed by atoms with Crippen molar-refractivity contribution in [3.05, 3.63) is 202 Å². The zero-order chi connectivity index (χ0) is 45.9.